The van der Waals surface area contributed by atoms with Crippen LogP contribution in [0.4, 0.5) is 0 Å². The zero-order valence-corrected chi connectivity index (χ0v) is 22.7. The molecule has 1 N–H and O–H groups in total. The van der Waals surface area contributed by atoms with E-state index in [9.17, 15) is 9.90 Å². The minimum atomic E-state index is -1.21. The average Bonchev–Trinajstić information content (AvgIpc) is 3.33. The fourth-order valence-corrected chi connectivity index (χ4v) is 4.47. The van der Waals surface area contributed by atoms with Crippen LogP contribution in [0.3, 0.4) is 0 Å². The highest BCUT2D eigenvalue weighted by Crippen LogP contribution is 2.36. The van der Waals surface area contributed by atoms with E-state index in [4.69, 9.17) is 60.3 Å². The lowest BCUT2D eigenvalue weighted by Crippen LogP contribution is -2.00. The van der Waals surface area contributed by atoms with Crippen molar-refractivity contribution in [3.8, 4) is 23.0 Å². The second-order valence-corrected chi connectivity index (χ2v) is 10.0. The molecule has 3 aromatic carbocycles. The Hall–Kier alpha value is -2.88. The van der Waals surface area contributed by atoms with Crippen LogP contribution in [0.5, 0.6) is 11.5 Å². The zero-order valence-electron chi connectivity index (χ0n) is 18.9. The van der Waals surface area contributed by atoms with Gasteiger partial charge in [-0.25, -0.2) is 4.79 Å². The number of ether oxygens (including phenoxy) is 2. The average molecular weight is 598 g/mol. The van der Waals surface area contributed by atoms with Gasteiger partial charge in [0.05, 0.1) is 22.7 Å². The quantitative estimate of drug-likeness (QED) is 0.152. The summed E-state index contributed by atoms with van der Waals surface area (Å²) in [6, 6.07) is 14.9. The van der Waals surface area contributed by atoms with Gasteiger partial charge >= 0.3 is 5.97 Å². The Labute approximate surface area is 235 Å². The Morgan fingerprint density at radius 1 is 0.973 bits per heavy atom. The lowest BCUT2D eigenvalue weighted by atomic mass is 10.2. The first-order valence-electron chi connectivity index (χ1n) is 10.4. The lowest BCUT2D eigenvalue weighted by Gasteiger charge is -2.11. The molecule has 1 aromatic heterocycles. The molecule has 0 atom stereocenters. The summed E-state index contributed by atoms with van der Waals surface area (Å²) in [5, 5.41) is 19.5. The Bertz CT molecular complexity index is 1490. The summed E-state index contributed by atoms with van der Waals surface area (Å²) >= 11 is 25.1. The number of benzene rings is 3. The predicted molar refractivity (Wildman–Crippen MR) is 145 cm³/mol. The molecule has 0 saturated heterocycles. The molecule has 0 fully saturated rings. The van der Waals surface area contributed by atoms with Crippen molar-refractivity contribution < 1.29 is 23.8 Å². The number of carboxylic acids is 1. The summed E-state index contributed by atoms with van der Waals surface area (Å²) in [5.74, 6) is -0.202. The van der Waals surface area contributed by atoms with Crippen molar-refractivity contribution in [2.75, 3.05) is 7.11 Å². The normalized spacial score (nSPS) is 11.4. The monoisotopic (exact) mass is 596 g/mol. The number of methoxy groups -OCH3 is 1. The van der Waals surface area contributed by atoms with Gasteiger partial charge in [-0.2, -0.15) is 0 Å². The number of aliphatic carboxylic acids is 1. The highest BCUT2D eigenvalue weighted by Gasteiger charge is 2.19. The van der Waals surface area contributed by atoms with Crippen LogP contribution in [0.25, 0.3) is 17.5 Å². The van der Waals surface area contributed by atoms with Gasteiger partial charge in [0.25, 0.3) is 11.1 Å². The SMILES string of the molecule is COc1ccc(Cl)cc1-c1nnc(S/C(=C\c2cc(Cl)ccc2OCc2ccc(Cl)c(Cl)c2)C(=O)O)o1. The largest absolute Gasteiger partial charge is 0.496 e. The Kier molecular flexibility index (Phi) is 8.89. The molecule has 0 saturated carbocycles. The number of halogens is 4. The predicted octanol–water partition coefficient (Wildman–Crippen LogP) is 8.16. The van der Waals surface area contributed by atoms with Crippen molar-refractivity contribution in [1.29, 1.82) is 0 Å². The van der Waals surface area contributed by atoms with Gasteiger partial charge in [-0.15, -0.1) is 10.2 Å². The number of carboxylic acid groups (broad SMARTS) is 1. The van der Waals surface area contributed by atoms with E-state index < -0.39 is 5.97 Å². The van der Waals surface area contributed by atoms with Crippen LogP contribution in [0.15, 0.2) is 69.1 Å². The molecule has 0 spiro atoms. The molecular weight excluding hydrogens is 582 g/mol. The van der Waals surface area contributed by atoms with Crippen molar-refractivity contribution in [2.24, 2.45) is 0 Å². The summed E-state index contributed by atoms with van der Waals surface area (Å²) in [6.07, 6.45) is 1.41. The topological polar surface area (TPSA) is 94.7 Å². The molecule has 37 heavy (non-hydrogen) atoms. The molecular formula is C25H16Cl4N2O5S. The highest BCUT2D eigenvalue weighted by atomic mass is 35.5. The van der Waals surface area contributed by atoms with E-state index >= 15 is 0 Å². The van der Waals surface area contributed by atoms with Gasteiger partial charge in [-0.3, -0.25) is 0 Å². The van der Waals surface area contributed by atoms with Gasteiger partial charge in [0.2, 0.25) is 0 Å². The first kappa shape index (κ1) is 27.2. The molecule has 0 radical (unpaired) electrons. The van der Waals surface area contributed by atoms with Crippen molar-refractivity contribution in [1.82, 2.24) is 10.2 Å². The van der Waals surface area contributed by atoms with Crippen molar-refractivity contribution in [3.63, 3.8) is 0 Å². The maximum atomic E-state index is 12.1. The minimum Gasteiger partial charge on any atom is -0.496 e. The second kappa shape index (κ2) is 12.1. The molecule has 0 bridgehead atoms. The van der Waals surface area contributed by atoms with Crippen LogP contribution >= 0.6 is 58.2 Å². The van der Waals surface area contributed by atoms with E-state index in [1.165, 1.54) is 13.2 Å². The fourth-order valence-electron chi connectivity index (χ4n) is 3.13. The van der Waals surface area contributed by atoms with Crippen molar-refractivity contribution in [2.45, 2.75) is 11.8 Å². The number of aromatic nitrogens is 2. The number of rotatable bonds is 9. The number of carbonyl (C=O) groups is 1. The second-order valence-electron chi connectivity index (χ2n) is 7.35. The Morgan fingerprint density at radius 3 is 2.41 bits per heavy atom. The van der Waals surface area contributed by atoms with Gasteiger partial charge in [-0.1, -0.05) is 52.5 Å². The molecule has 7 nitrogen and oxygen atoms in total. The minimum absolute atomic E-state index is 0.00554. The van der Waals surface area contributed by atoms with E-state index in [1.54, 1.807) is 54.6 Å². The number of hydrogen-bond donors (Lipinski definition) is 1. The van der Waals surface area contributed by atoms with Gasteiger partial charge in [0.15, 0.2) is 0 Å². The lowest BCUT2D eigenvalue weighted by molar-refractivity contribution is -0.131. The van der Waals surface area contributed by atoms with E-state index in [0.29, 0.717) is 42.7 Å². The first-order valence-corrected chi connectivity index (χ1v) is 12.7. The van der Waals surface area contributed by atoms with Gasteiger partial charge in [0, 0.05) is 15.6 Å². The van der Waals surface area contributed by atoms with Crippen molar-refractivity contribution >= 4 is 70.2 Å². The van der Waals surface area contributed by atoms with E-state index in [1.807, 2.05) is 0 Å². The maximum Gasteiger partial charge on any atom is 0.342 e. The summed E-state index contributed by atoms with van der Waals surface area (Å²) in [5.41, 5.74) is 1.69. The molecule has 0 unspecified atom stereocenters. The first-order chi connectivity index (χ1) is 17.7. The molecule has 0 aliphatic carbocycles. The summed E-state index contributed by atoms with van der Waals surface area (Å²) in [6.45, 7) is 0.170. The molecule has 0 amide bonds. The molecule has 0 aliphatic heterocycles. The Balaban J connectivity index is 1.60. The standard InChI is InChI=1S/C25H16Cl4N2O5S/c1-34-21-7-4-16(27)11-17(21)23-30-31-25(36-23)37-22(24(32)33)10-14-9-15(26)3-6-20(14)35-12-13-2-5-18(28)19(29)8-13/h2-11H,12H2,1H3,(H,32,33)/b22-10-. The van der Waals surface area contributed by atoms with Crippen molar-refractivity contribution in [3.05, 3.63) is 90.7 Å². The molecule has 4 rings (SSSR count). The summed E-state index contributed by atoms with van der Waals surface area (Å²) in [7, 11) is 1.50. The van der Waals surface area contributed by atoms with E-state index in [-0.39, 0.29) is 22.6 Å². The smallest absolute Gasteiger partial charge is 0.342 e. The number of nitrogens with zero attached hydrogens (tertiary/aromatic N) is 2. The molecule has 190 valence electrons. The summed E-state index contributed by atoms with van der Waals surface area (Å²) in [4.78, 5) is 12.0. The van der Waals surface area contributed by atoms with Crippen LogP contribution in [-0.4, -0.2) is 28.4 Å². The highest BCUT2D eigenvalue weighted by molar-refractivity contribution is 8.03. The van der Waals surface area contributed by atoms with Gasteiger partial charge in [-0.05, 0) is 71.9 Å². The van der Waals surface area contributed by atoms with Crippen LogP contribution in [0, 0.1) is 0 Å². The number of thioether (sulfide) groups is 1. The molecule has 1 heterocycles. The fraction of sp³-hybridized carbons (Fsp3) is 0.0800. The molecule has 4 aromatic rings. The third-order valence-electron chi connectivity index (χ3n) is 4.84. The van der Waals surface area contributed by atoms with Gasteiger partial charge in [0.1, 0.15) is 23.0 Å². The van der Waals surface area contributed by atoms with E-state index in [2.05, 4.69) is 10.2 Å². The van der Waals surface area contributed by atoms with Crippen LogP contribution in [0.2, 0.25) is 20.1 Å². The van der Waals surface area contributed by atoms with E-state index in [0.717, 1.165) is 17.3 Å². The van der Waals surface area contributed by atoms with Gasteiger partial charge < -0.3 is 19.0 Å². The third kappa shape index (κ3) is 6.91. The van der Waals surface area contributed by atoms with Crippen LogP contribution < -0.4 is 9.47 Å². The Morgan fingerprint density at radius 2 is 1.70 bits per heavy atom. The molecule has 0 aliphatic rings. The molecule has 12 heteroatoms. The third-order valence-corrected chi connectivity index (χ3v) is 6.90. The number of hydrogen-bond acceptors (Lipinski definition) is 7. The van der Waals surface area contributed by atoms with Crippen LogP contribution in [0.1, 0.15) is 11.1 Å². The summed E-state index contributed by atoms with van der Waals surface area (Å²) < 4.78 is 16.9. The maximum absolute atomic E-state index is 12.1. The zero-order chi connectivity index (χ0) is 26.5. The van der Waals surface area contributed by atoms with Crippen LogP contribution in [-0.2, 0) is 11.4 Å².